The Labute approximate surface area is 196 Å². The molecule has 1 aromatic rings. The lowest BCUT2D eigenvalue weighted by Crippen LogP contribution is -2.50. The maximum absolute atomic E-state index is 12.0. The van der Waals surface area contributed by atoms with E-state index in [0.717, 1.165) is 31.4 Å². The van der Waals surface area contributed by atoms with Gasteiger partial charge in [-0.2, -0.15) is 0 Å². The average molecular weight is 479 g/mol. The van der Waals surface area contributed by atoms with Crippen molar-refractivity contribution in [2.45, 2.75) is 56.8 Å². The molecule has 2 heterocycles. The zero-order chi connectivity index (χ0) is 23.5. The third kappa shape index (κ3) is 5.81. The number of carboxylic acid groups (broad SMARTS) is 2. The van der Waals surface area contributed by atoms with Gasteiger partial charge in [0.25, 0.3) is 0 Å². The predicted octanol–water partition coefficient (Wildman–Crippen LogP) is 1.29. The number of hydrogen-bond acceptors (Lipinski definition) is 6. The summed E-state index contributed by atoms with van der Waals surface area (Å²) < 4.78 is 25.4. The molecule has 4 rings (SSSR count). The van der Waals surface area contributed by atoms with Crippen LogP contribution in [0, 0.1) is 17.8 Å². The monoisotopic (exact) mass is 478 g/mol. The standard InChI is InChI=1S/C23H33N3O6S/c27-22(28)20-9-18-8-16(6-7-17(18)11-24-20)12-25-14-19(10-21(25)23(29)30)26(33(31)32)13-15-4-2-1-3-5-15/h1-5,16-21,24H,6-14H2,(H,27,28)(H,29,30)(H,31,32)/p-1/t16-,17-,18+,19-,20-,21-/m0/s1. The number of benzene rings is 1. The maximum Gasteiger partial charge on any atom is 0.320 e. The molecular formula is C23H32N3O6S-. The molecular weight excluding hydrogens is 446 g/mol. The highest BCUT2D eigenvalue weighted by molar-refractivity contribution is 7.76. The first kappa shape index (κ1) is 24.3. The smallest absolute Gasteiger partial charge is 0.320 e. The molecule has 0 radical (unpaired) electrons. The van der Waals surface area contributed by atoms with Crippen molar-refractivity contribution in [1.82, 2.24) is 14.5 Å². The molecule has 1 aromatic carbocycles. The fourth-order valence-electron chi connectivity index (χ4n) is 5.96. The van der Waals surface area contributed by atoms with E-state index in [1.807, 2.05) is 35.2 Å². The maximum atomic E-state index is 12.0. The molecule has 1 unspecified atom stereocenters. The number of likely N-dealkylation sites (tertiary alicyclic amines) is 1. The molecule has 9 nitrogen and oxygen atoms in total. The highest BCUT2D eigenvalue weighted by Crippen LogP contribution is 2.40. The Morgan fingerprint density at radius 2 is 1.85 bits per heavy atom. The number of piperidine rings is 1. The molecule has 182 valence electrons. The molecule has 3 aliphatic rings. The van der Waals surface area contributed by atoms with Crippen LogP contribution in [0.3, 0.4) is 0 Å². The van der Waals surface area contributed by atoms with Crippen LogP contribution in [0.1, 0.15) is 37.7 Å². The largest absolute Gasteiger partial charge is 0.760 e. The van der Waals surface area contributed by atoms with Crippen molar-refractivity contribution in [2.75, 3.05) is 19.6 Å². The van der Waals surface area contributed by atoms with E-state index >= 15 is 0 Å². The molecule has 1 saturated carbocycles. The highest BCUT2D eigenvalue weighted by atomic mass is 32.2. The van der Waals surface area contributed by atoms with Crippen molar-refractivity contribution < 1.29 is 28.6 Å². The zero-order valence-corrected chi connectivity index (χ0v) is 19.4. The topological polar surface area (TPSA) is 133 Å². The fourth-order valence-corrected chi connectivity index (χ4v) is 6.61. The molecule has 10 heteroatoms. The van der Waals surface area contributed by atoms with Crippen molar-refractivity contribution in [3.05, 3.63) is 35.9 Å². The number of hydrogen-bond donors (Lipinski definition) is 3. The molecule has 33 heavy (non-hydrogen) atoms. The summed E-state index contributed by atoms with van der Waals surface area (Å²) in [7, 11) is 0. The Balaban J connectivity index is 1.41. The minimum atomic E-state index is -2.46. The van der Waals surface area contributed by atoms with Crippen molar-refractivity contribution in [3.8, 4) is 0 Å². The number of carboxylic acids is 2. The molecule has 0 aromatic heterocycles. The Hall–Kier alpha value is -1.85. The minimum absolute atomic E-state index is 0.221. The van der Waals surface area contributed by atoms with Crippen LogP contribution in [0.5, 0.6) is 0 Å². The predicted molar refractivity (Wildman–Crippen MR) is 121 cm³/mol. The summed E-state index contributed by atoms with van der Waals surface area (Å²) in [5.74, 6) is -0.637. The summed E-state index contributed by atoms with van der Waals surface area (Å²) >= 11 is -2.46. The first-order valence-electron chi connectivity index (χ1n) is 11.6. The molecule has 3 N–H and O–H groups in total. The molecule has 0 bridgehead atoms. The number of nitrogens with zero attached hydrogens (tertiary/aromatic N) is 2. The van der Waals surface area contributed by atoms with Crippen molar-refractivity contribution in [2.24, 2.45) is 17.8 Å². The Morgan fingerprint density at radius 1 is 1.09 bits per heavy atom. The first-order valence-corrected chi connectivity index (χ1v) is 12.7. The molecule has 7 atom stereocenters. The van der Waals surface area contributed by atoms with E-state index in [0.29, 0.717) is 37.3 Å². The summed E-state index contributed by atoms with van der Waals surface area (Å²) in [4.78, 5) is 25.3. The van der Waals surface area contributed by atoms with Gasteiger partial charge >= 0.3 is 11.9 Å². The van der Waals surface area contributed by atoms with Crippen LogP contribution < -0.4 is 5.32 Å². The Bertz CT molecular complexity index is 871. The summed E-state index contributed by atoms with van der Waals surface area (Å²) in [5, 5.41) is 22.3. The third-order valence-corrected chi connectivity index (χ3v) is 8.46. The van der Waals surface area contributed by atoms with E-state index in [-0.39, 0.29) is 13.0 Å². The summed E-state index contributed by atoms with van der Waals surface area (Å²) in [6.07, 6.45) is 3.76. The Morgan fingerprint density at radius 3 is 2.52 bits per heavy atom. The normalized spacial score (nSPS) is 33.5. The number of fused-ring (bicyclic) bond motifs is 1. The quantitative estimate of drug-likeness (QED) is 0.476. The SMILES string of the molecule is O=C(O)[C@@H]1C[C@H]2C[C@@H](CN3C[C@@H](N(Cc4ccccc4)S(=O)[O-])C[C@H]3C(=O)O)CC[C@H]2CN1. The van der Waals surface area contributed by atoms with Gasteiger partial charge in [-0.3, -0.25) is 18.7 Å². The lowest BCUT2D eigenvalue weighted by molar-refractivity contribution is -0.143. The van der Waals surface area contributed by atoms with E-state index in [9.17, 15) is 28.6 Å². The van der Waals surface area contributed by atoms with Crippen molar-refractivity contribution in [1.29, 1.82) is 0 Å². The van der Waals surface area contributed by atoms with E-state index in [4.69, 9.17) is 0 Å². The second-order valence-corrected chi connectivity index (χ2v) is 10.6. The number of carbonyl (C=O) groups is 2. The second-order valence-electron chi connectivity index (χ2n) is 9.71. The van der Waals surface area contributed by atoms with Crippen LogP contribution in [0.15, 0.2) is 30.3 Å². The van der Waals surface area contributed by atoms with Crippen molar-refractivity contribution >= 4 is 23.2 Å². The molecule has 2 aliphatic heterocycles. The summed E-state index contributed by atoms with van der Waals surface area (Å²) in [6.45, 7) is 1.94. The summed E-state index contributed by atoms with van der Waals surface area (Å²) in [5.41, 5.74) is 0.865. The molecule has 2 saturated heterocycles. The lowest BCUT2D eigenvalue weighted by atomic mass is 9.69. The third-order valence-electron chi connectivity index (χ3n) is 7.65. The highest BCUT2D eigenvalue weighted by Gasteiger charge is 2.43. The van der Waals surface area contributed by atoms with Gasteiger partial charge in [-0.05, 0) is 62.0 Å². The van der Waals surface area contributed by atoms with E-state index in [2.05, 4.69) is 5.32 Å². The van der Waals surface area contributed by atoms with E-state index < -0.39 is 41.3 Å². The van der Waals surface area contributed by atoms with Crippen LogP contribution >= 0.6 is 0 Å². The summed E-state index contributed by atoms with van der Waals surface area (Å²) in [6, 6.07) is 7.70. The van der Waals surface area contributed by atoms with Crippen LogP contribution in [-0.2, 0) is 27.4 Å². The number of nitrogens with one attached hydrogen (secondary N) is 1. The molecule has 1 aliphatic carbocycles. The minimum Gasteiger partial charge on any atom is -0.760 e. The Kier molecular flexibility index (Phi) is 7.80. The lowest BCUT2D eigenvalue weighted by Gasteiger charge is -2.42. The zero-order valence-electron chi connectivity index (χ0n) is 18.5. The van der Waals surface area contributed by atoms with Gasteiger partial charge in [0.1, 0.15) is 12.1 Å². The van der Waals surface area contributed by atoms with E-state index in [1.54, 1.807) is 0 Å². The van der Waals surface area contributed by atoms with Gasteiger partial charge < -0.3 is 20.1 Å². The van der Waals surface area contributed by atoms with Crippen LogP contribution in [0.4, 0.5) is 0 Å². The van der Waals surface area contributed by atoms with Crippen LogP contribution in [0.25, 0.3) is 0 Å². The first-order chi connectivity index (χ1) is 15.8. The van der Waals surface area contributed by atoms with Crippen molar-refractivity contribution in [3.63, 3.8) is 0 Å². The van der Waals surface area contributed by atoms with E-state index in [1.165, 1.54) is 4.31 Å². The van der Waals surface area contributed by atoms with Crippen LogP contribution in [-0.4, -0.2) is 77.9 Å². The number of rotatable bonds is 8. The van der Waals surface area contributed by atoms with Gasteiger partial charge in [0.05, 0.1) is 0 Å². The molecule has 3 fully saturated rings. The van der Waals surface area contributed by atoms with Gasteiger partial charge in [-0.25, -0.2) is 4.31 Å². The van der Waals surface area contributed by atoms with Gasteiger partial charge in [0.15, 0.2) is 0 Å². The van der Waals surface area contributed by atoms with Gasteiger partial charge in [-0.15, -0.1) is 0 Å². The molecule has 0 amide bonds. The second kappa shape index (κ2) is 10.6. The fraction of sp³-hybridized carbons (Fsp3) is 0.652. The van der Waals surface area contributed by atoms with Gasteiger partial charge in [-0.1, -0.05) is 30.3 Å². The number of aliphatic carboxylic acids is 2. The molecule has 0 spiro atoms. The van der Waals surface area contributed by atoms with Crippen LogP contribution in [0.2, 0.25) is 0 Å². The average Bonchev–Trinajstić information content (AvgIpc) is 3.21. The van der Waals surface area contributed by atoms with Gasteiger partial charge in [0, 0.05) is 36.9 Å². The van der Waals surface area contributed by atoms with Gasteiger partial charge in [0.2, 0.25) is 0 Å².